The standard InChI is InChI=1S/C10H12N2O2/c1-6-3-2-4-8-9(6)14-10(12-8)7(11)5-13/h2-4,7,13H,5,11H2,1H3. The van der Waals surface area contributed by atoms with Crippen LogP contribution in [0.15, 0.2) is 22.6 Å². The van der Waals surface area contributed by atoms with E-state index in [0.29, 0.717) is 5.89 Å². The summed E-state index contributed by atoms with van der Waals surface area (Å²) in [5.74, 6) is 0.386. The largest absolute Gasteiger partial charge is 0.439 e. The van der Waals surface area contributed by atoms with Crippen LogP contribution in [-0.2, 0) is 0 Å². The first-order chi connectivity index (χ1) is 6.72. The second-order valence-corrected chi connectivity index (χ2v) is 3.26. The first-order valence-corrected chi connectivity index (χ1v) is 4.45. The van der Waals surface area contributed by atoms with Gasteiger partial charge >= 0.3 is 0 Å². The maximum atomic E-state index is 8.86. The number of fused-ring (bicyclic) bond motifs is 1. The average Bonchev–Trinajstić information content (AvgIpc) is 2.62. The number of para-hydroxylation sites is 1. The van der Waals surface area contributed by atoms with Gasteiger partial charge in [0.2, 0.25) is 5.89 Å². The molecular weight excluding hydrogens is 180 g/mol. The van der Waals surface area contributed by atoms with Crippen LogP contribution in [0.4, 0.5) is 0 Å². The molecule has 14 heavy (non-hydrogen) atoms. The summed E-state index contributed by atoms with van der Waals surface area (Å²) in [6, 6.07) is 5.18. The maximum Gasteiger partial charge on any atom is 0.214 e. The zero-order valence-electron chi connectivity index (χ0n) is 7.90. The lowest BCUT2D eigenvalue weighted by molar-refractivity contribution is 0.250. The highest BCUT2D eigenvalue weighted by Gasteiger charge is 2.13. The van der Waals surface area contributed by atoms with Crippen molar-refractivity contribution in [1.82, 2.24) is 4.98 Å². The van der Waals surface area contributed by atoms with E-state index in [4.69, 9.17) is 15.3 Å². The Hall–Kier alpha value is -1.39. The van der Waals surface area contributed by atoms with E-state index in [1.54, 1.807) is 0 Å². The third-order valence-corrected chi connectivity index (χ3v) is 2.14. The van der Waals surface area contributed by atoms with Gasteiger partial charge < -0.3 is 15.3 Å². The molecule has 1 heterocycles. The van der Waals surface area contributed by atoms with Crippen LogP contribution < -0.4 is 5.73 Å². The van der Waals surface area contributed by atoms with Gasteiger partial charge in [-0.15, -0.1) is 0 Å². The van der Waals surface area contributed by atoms with Crippen LogP contribution in [0.3, 0.4) is 0 Å². The minimum atomic E-state index is -0.540. The highest BCUT2D eigenvalue weighted by atomic mass is 16.4. The van der Waals surface area contributed by atoms with Gasteiger partial charge in [0.1, 0.15) is 11.6 Å². The zero-order valence-corrected chi connectivity index (χ0v) is 7.90. The van der Waals surface area contributed by atoms with Crippen molar-refractivity contribution >= 4 is 11.1 Å². The Bertz CT molecular complexity index is 450. The van der Waals surface area contributed by atoms with Crippen molar-refractivity contribution in [2.75, 3.05) is 6.61 Å². The lowest BCUT2D eigenvalue weighted by atomic mass is 10.2. The molecule has 4 heteroatoms. The molecule has 0 radical (unpaired) electrons. The molecule has 1 atom stereocenters. The van der Waals surface area contributed by atoms with Gasteiger partial charge in [0, 0.05) is 0 Å². The normalized spacial score (nSPS) is 13.4. The number of hydrogen-bond acceptors (Lipinski definition) is 4. The first-order valence-electron chi connectivity index (χ1n) is 4.45. The number of nitrogens with zero attached hydrogens (tertiary/aromatic N) is 1. The second kappa shape index (κ2) is 3.40. The summed E-state index contributed by atoms with van der Waals surface area (Å²) in [5, 5.41) is 8.86. The molecule has 0 saturated carbocycles. The fraction of sp³-hybridized carbons (Fsp3) is 0.300. The molecule has 2 rings (SSSR count). The third kappa shape index (κ3) is 1.38. The van der Waals surface area contributed by atoms with E-state index in [2.05, 4.69) is 4.98 Å². The Morgan fingerprint density at radius 1 is 1.57 bits per heavy atom. The summed E-state index contributed by atoms with van der Waals surface area (Å²) in [5.41, 5.74) is 8.15. The van der Waals surface area contributed by atoms with Gasteiger partial charge in [-0.25, -0.2) is 4.98 Å². The first kappa shape index (κ1) is 9.18. The predicted octanol–water partition coefficient (Wildman–Crippen LogP) is 1.13. The van der Waals surface area contributed by atoms with Crippen molar-refractivity contribution in [3.05, 3.63) is 29.7 Å². The lowest BCUT2D eigenvalue weighted by Crippen LogP contribution is -2.14. The molecule has 2 aromatic rings. The van der Waals surface area contributed by atoms with E-state index in [1.165, 1.54) is 0 Å². The van der Waals surface area contributed by atoms with Crippen LogP contribution in [0.5, 0.6) is 0 Å². The van der Waals surface area contributed by atoms with Gasteiger partial charge in [0.05, 0.1) is 6.61 Å². The Kier molecular flexibility index (Phi) is 2.23. The van der Waals surface area contributed by atoms with Gasteiger partial charge in [0.15, 0.2) is 5.58 Å². The van der Waals surface area contributed by atoms with Gasteiger partial charge in [0.25, 0.3) is 0 Å². The summed E-state index contributed by atoms with van der Waals surface area (Å²) in [6.07, 6.45) is 0. The summed E-state index contributed by atoms with van der Waals surface area (Å²) >= 11 is 0. The van der Waals surface area contributed by atoms with Crippen molar-refractivity contribution in [3.8, 4) is 0 Å². The van der Waals surface area contributed by atoms with Crippen LogP contribution in [0.1, 0.15) is 17.5 Å². The van der Waals surface area contributed by atoms with Crippen LogP contribution >= 0.6 is 0 Å². The number of aliphatic hydroxyl groups excluding tert-OH is 1. The van der Waals surface area contributed by atoms with E-state index in [-0.39, 0.29) is 6.61 Å². The van der Waals surface area contributed by atoms with Crippen LogP contribution in [-0.4, -0.2) is 16.7 Å². The molecule has 1 aromatic heterocycles. The number of rotatable bonds is 2. The van der Waals surface area contributed by atoms with Crippen molar-refractivity contribution in [2.24, 2.45) is 5.73 Å². The summed E-state index contributed by atoms with van der Waals surface area (Å²) in [7, 11) is 0. The predicted molar refractivity (Wildman–Crippen MR) is 52.8 cm³/mol. The monoisotopic (exact) mass is 192 g/mol. The Balaban J connectivity index is 2.56. The van der Waals surface area contributed by atoms with Gasteiger partial charge in [-0.2, -0.15) is 0 Å². The van der Waals surface area contributed by atoms with E-state index in [1.807, 2.05) is 25.1 Å². The smallest absolute Gasteiger partial charge is 0.214 e. The molecule has 0 amide bonds. The molecule has 0 aliphatic rings. The number of aromatic nitrogens is 1. The highest BCUT2D eigenvalue weighted by Crippen LogP contribution is 2.21. The van der Waals surface area contributed by atoms with Crippen molar-refractivity contribution in [1.29, 1.82) is 0 Å². The second-order valence-electron chi connectivity index (χ2n) is 3.26. The van der Waals surface area contributed by atoms with Crippen molar-refractivity contribution in [3.63, 3.8) is 0 Å². The summed E-state index contributed by atoms with van der Waals surface area (Å²) < 4.78 is 5.46. The SMILES string of the molecule is Cc1cccc2nc(C(N)CO)oc12. The molecular formula is C10H12N2O2. The Labute approximate surface area is 81.4 Å². The van der Waals surface area contributed by atoms with Crippen LogP contribution in [0, 0.1) is 6.92 Å². The molecule has 1 aromatic carbocycles. The Morgan fingerprint density at radius 3 is 3.00 bits per heavy atom. The average molecular weight is 192 g/mol. The number of aliphatic hydroxyl groups is 1. The summed E-state index contributed by atoms with van der Waals surface area (Å²) in [6.45, 7) is 1.79. The fourth-order valence-electron chi connectivity index (χ4n) is 1.34. The van der Waals surface area contributed by atoms with E-state index < -0.39 is 6.04 Å². The highest BCUT2D eigenvalue weighted by molar-refractivity contribution is 5.76. The number of aryl methyl sites for hydroxylation is 1. The number of hydrogen-bond donors (Lipinski definition) is 2. The number of oxazole rings is 1. The molecule has 0 spiro atoms. The minimum Gasteiger partial charge on any atom is -0.439 e. The number of nitrogens with two attached hydrogens (primary N) is 1. The van der Waals surface area contributed by atoms with Crippen molar-refractivity contribution < 1.29 is 9.52 Å². The van der Waals surface area contributed by atoms with Crippen molar-refractivity contribution in [2.45, 2.75) is 13.0 Å². The van der Waals surface area contributed by atoms with Crippen LogP contribution in [0.25, 0.3) is 11.1 Å². The Morgan fingerprint density at radius 2 is 2.36 bits per heavy atom. The maximum absolute atomic E-state index is 8.86. The molecule has 3 N–H and O–H groups in total. The van der Waals surface area contributed by atoms with Gasteiger partial charge in [-0.05, 0) is 18.6 Å². The van der Waals surface area contributed by atoms with E-state index in [9.17, 15) is 0 Å². The van der Waals surface area contributed by atoms with Gasteiger partial charge in [-0.1, -0.05) is 12.1 Å². The minimum absolute atomic E-state index is 0.161. The topological polar surface area (TPSA) is 72.3 Å². The quantitative estimate of drug-likeness (QED) is 0.748. The summed E-state index contributed by atoms with van der Waals surface area (Å²) in [4.78, 5) is 4.19. The lowest BCUT2D eigenvalue weighted by Gasteiger charge is -1.99. The zero-order chi connectivity index (χ0) is 10.1. The van der Waals surface area contributed by atoms with Crippen LogP contribution in [0.2, 0.25) is 0 Å². The molecule has 0 aliphatic carbocycles. The molecule has 0 aliphatic heterocycles. The van der Waals surface area contributed by atoms with Gasteiger partial charge in [-0.3, -0.25) is 0 Å². The molecule has 4 nitrogen and oxygen atoms in total. The molecule has 74 valence electrons. The third-order valence-electron chi connectivity index (χ3n) is 2.14. The van der Waals surface area contributed by atoms with E-state index in [0.717, 1.165) is 16.7 Å². The molecule has 0 bridgehead atoms. The molecule has 0 fully saturated rings. The molecule has 1 unspecified atom stereocenters. The molecule has 0 saturated heterocycles. The van der Waals surface area contributed by atoms with E-state index >= 15 is 0 Å². The fourth-order valence-corrected chi connectivity index (χ4v) is 1.34. The number of benzene rings is 1.